The minimum Gasteiger partial charge on any atom is -0.341 e. The molecular formula is C28H42N2O. The third-order valence-electron chi connectivity index (χ3n) is 6.19. The number of unbranched alkanes of at least 4 members (excludes halogenated alkanes) is 5. The lowest BCUT2D eigenvalue weighted by atomic mass is 9.86. The van der Waals surface area contributed by atoms with Gasteiger partial charge < -0.3 is 10.6 Å². The molecule has 1 unspecified atom stereocenters. The van der Waals surface area contributed by atoms with Crippen LogP contribution in [0.5, 0.6) is 0 Å². The fraction of sp³-hybridized carbons (Fsp3) is 0.536. The number of hydrogen-bond donors (Lipinski definition) is 1. The molecule has 31 heavy (non-hydrogen) atoms. The molecule has 3 nitrogen and oxygen atoms in total. The van der Waals surface area contributed by atoms with Crippen molar-refractivity contribution in [2.45, 2.75) is 83.6 Å². The van der Waals surface area contributed by atoms with Gasteiger partial charge in [0.15, 0.2) is 0 Å². The Morgan fingerprint density at radius 3 is 2.26 bits per heavy atom. The Balaban J connectivity index is 2.04. The Morgan fingerprint density at radius 1 is 0.871 bits per heavy atom. The molecule has 0 aromatic heterocycles. The molecular weight excluding hydrogens is 380 g/mol. The molecule has 3 heteroatoms. The summed E-state index contributed by atoms with van der Waals surface area (Å²) in [7, 11) is 1.93. The summed E-state index contributed by atoms with van der Waals surface area (Å²) in [4.78, 5) is 14.5. The number of benzene rings is 2. The predicted molar refractivity (Wildman–Crippen MR) is 132 cm³/mol. The van der Waals surface area contributed by atoms with Crippen molar-refractivity contribution in [3.8, 4) is 0 Å². The van der Waals surface area contributed by atoms with Crippen LogP contribution in [0, 0.1) is 0 Å². The van der Waals surface area contributed by atoms with Crippen LogP contribution in [-0.4, -0.2) is 24.4 Å². The van der Waals surface area contributed by atoms with E-state index in [9.17, 15) is 4.79 Å². The van der Waals surface area contributed by atoms with Crippen LogP contribution in [0.3, 0.4) is 0 Å². The lowest BCUT2D eigenvalue weighted by Gasteiger charge is -2.22. The molecule has 2 rings (SSSR count). The molecule has 0 aliphatic carbocycles. The molecule has 170 valence electrons. The Morgan fingerprint density at radius 2 is 1.55 bits per heavy atom. The maximum Gasteiger partial charge on any atom is 0.222 e. The molecule has 2 N–H and O–H groups in total. The van der Waals surface area contributed by atoms with E-state index in [-0.39, 0.29) is 5.91 Å². The van der Waals surface area contributed by atoms with Gasteiger partial charge in [-0.05, 0) is 54.8 Å². The highest BCUT2D eigenvalue weighted by molar-refractivity contribution is 5.75. The first-order chi connectivity index (χ1) is 15.2. The maximum atomic E-state index is 12.6. The van der Waals surface area contributed by atoms with Gasteiger partial charge in [0.2, 0.25) is 5.91 Å². The first-order valence-electron chi connectivity index (χ1n) is 12.2. The minimum absolute atomic E-state index is 0.228. The van der Waals surface area contributed by atoms with Crippen molar-refractivity contribution in [3.63, 3.8) is 0 Å². The number of rotatable bonds is 15. The summed E-state index contributed by atoms with van der Waals surface area (Å²) >= 11 is 0. The average Bonchev–Trinajstić information content (AvgIpc) is 2.80. The van der Waals surface area contributed by atoms with E-state index >= 15 is 0 Å². The number of nitrogens with two attached hydrogens (primary N) is 1. The van der Waals surface area contributed by atoms with Gasteiger partial charge in [-0.25, -0.2) is 0 Å². The summed E-state index contributed by atoms with van der Waals surface area (Å²) < 4.78 is 0. The van der Waals surface area contributed by atoms with Crippen molar-refractivity contribution in [3.05, 3.63) is 71.3 Å². The van der Waals surface area contributed by atoms with E-state index in [1.807, 2.05) is 11.9 Å². The van der Waals surface area contributed by atoms with Crippen LogP contribution in [0.15, 0.2) is 54.6 Å². The molecule has 0 heterocycles. The van der Waals surface area contributed by atoms with Crippen LogP contribution >= 0.6 is 0 Å². The number of amides is 1. The standard InChI is InChI=1S/C28H42N2O/c1-3-4-5-8-17-25(24-15-9-6-10-16-24)22-26-18-12-13-19-27(26)23-30(2)28(31)20-11-7-14-21-29/h6,9-10,12-13,15-16,18-19,25H,3-5,7-8,11,14,17,20-23,29H2,1-2H3. The summed E-state index contributed by atoms with van der Waals surface area (Å²) in [5.41, 5.74) is 9.63. The van der Waals surface area contributed by atoms with Gasteiger partial charge in [-0.15, -0.1) is 0 Å². The molecule has 0 spiro atoms. The Labute approximate surface area is 190 Å². The molecule has 0 saturated heterocycles. The van der Waals surface area contributed by atoms with Crippen molar-refractivity contribution >= 4 is 5.91 Å². The molecule has 0 saturated carbocycles. The Kier molecular flexibility index (Phi) is 12.0. The zero-order valence-electron chi connectivity index (χ0n) is 19.7. The number of carbonyl (C=O) groups excluding carboxylic acids is 1. The van der Waals surface area contributed by atoms with Crippen molar-refractivity contribution < 1.29 is 4.79 Å². The third-order valence-corrected chi connectivity index (χ3v) is 6.19. The van der Waals surface area contributed by atoms with Gasteiger partial charge in [0, 0.05) is 20.0 Å². The molecule has 2 aromatic carbocycles. The molecule has 2 aromatic rings. The molecule has 0 aliphatic rings. The normalized spacial score (nSPS) is 12.0. The van der Waals surface area contributed by atoms with Crippen LogP contribution in [0.25, 0.3) is 0 Å². The van der Waals surface area contributed by atoms with E-state index in [4.69, 9.17) is 5.73 Å². The highest BCUT2D eigenvalue weighted by Gasteiger charge is 2.16. The molecule has 1 atom stereocenters. The van der Waals surface area contributed by atoms with Crippen molar-refractivity contribution in [2.24, 2.45) is 5.73 Å². The van der Waals surface area contributed by atoms with Gasteiger partial charge in [-0.3, -0.25) is 4.79 Å². The monoisotopic (exact) mass is 422 g/mol. The highest BCUT2D eigenvalue weighted by atomic mass is 16.2. The zero-order chi connectivity index (χ0) is 22.3. The summed E-state index contributed by atoms with van der Waals surface area (Å²) in [6.45, 7) is 3.66. The summed E-state index contributed by atoms with van der Waals surface area (Å²) in [6.07, 6.45) is 11.0. The van der Waals surface area contributed by atoms with Crippen molar-refractivity contribution in [1.29, 1.82) is 0 Å². The summed E-state index contributed by atoms with van der Waals surface area (Å²) in [5, 5.41) is 0. The van der Waals surface area contributed by atoms with Crippen molar-refractivity contribution in [2.75, 3.05) is 13.6 Å². The quantitative estimate of drug-likeness (QED) is 0.335. The molecule has 0 fully saturated rings. The zero-order valence-corrected chi connectivity index (χ0v) is 19.7. The summed E-state index contributed by atoms with van der Waals surface area (Å²) in [6, 6.07) is 19.6. The SMILES string of the molecule is CCCCCCC(Cc1ccccc1CN(C)C(=O)CCCCCN)c1ccccc1. The average molecular weight is 423 g/mol. The van der Waals surface area contributed by atoms with Gasteiger partial charge in [0.25, 0.3) is 0 Å². The van der Waals surface area contributed by atoms with Crippen molar-refractivity contribution in [1.82, 2.24) is 4.90 Å². The second-order valence-corrected chi connectivity index (χ2v) is 8.78. The highest BCUT2D eigenvalue weighted by Crippen LogP contribution is 2.28. The molecule has 0 radical (unpaired) electrons. The molecule has 0 bridgehead atoms. The largest absolute Gasteiger partial charge is 0.341 e. The van der Waals surface area contributed by atoms with E-state index in [0.29, 0.717) is 25.4 Å². The number of carbonyl (C=O) groups is 1. The molecule has 1 amide bonds. The number of hydrogen-bond acceptors (Lipinski definition) is 2. The lowest BCUT2D eigenvalue weighted by molar-refractivity contribution is -0.130. The predicted octanol–water partition coefficient (Wildman–Crippen LogP) is 6.46. The fourth-order valence-electron chi connectivity index (χ4n) is 4.24. The van der Waals surface area contributed by atoms with E-state index in [2.05, 4.69) is 61.5 Å². The second kappa shape index (κ2) is 14.8. The van der Waals surface area contributed by atoms with Gasteiger partial charge in [0.1, 0.15) is 0 Å². The van der Waals surface area contributed by atoms with Crippen LogP contribution in [0.4, 0.5) is 0 Å². The minimum atomic E-state index is 0.228. The van der Waals surface area contributed by atoms with Crippen LogP contribution in [-0.2, 0) is 17.8 Å². The van der Waals surface area contributed by atoms with Gasteiger partial charge >= 0.3 is 0 Å². The first kappa shape index (κ1) is 25.1. The van der Waals surface area contributed by atoms with Crippen LogP contribution in [0.2, 0.25) is 0 Å². The van der Waals surface area contributed by atoms with E-state index in [1.54, 1.807) is 0 Å². The van der Waals surface area contributed by atoms with E-state index < -0.39 is 0 Å². The van der Waals surface area contributed by atoms with Gasteiger partial charge in [-0.2, -0.15) is 0 Å². The Bertz CT molecular complexity index is 744. The lowest BCUT2D eigenvalue weighted by Crippen LogP contribution is -2.26. The molecule has 0 aliphatic heterocycles. The Hall–Kier alpha value is -2.13. The maximum absolute atomic E-state index is 12.6. The van der Waals surface area contributed by atoms with Gasteiger partial charge in [0.05, 0.1) is 0 Å². The first-order valence-corrected chi connectivity index (χ1v) is 12.2. The third kappa shape index (κ3) is 9.26. The van der Waals surface area contributed by atoms with E-state index in [0.717, 1.165) is 25.7 Å². The smallest absolute Gasteiger partial charge is 0.222 e. The second-order valence-electron chi connectivity index (χ2n) is 8.78. The van der Waals surface area contributed by atoms with Gasteiger partial charge in [-0.1, -0.05) is 93.6 Å². The summed E-state index contributed by atoms with van der Waals surface area (Å²) in [5.74, 6) is 0.752. The number of nitrogens with zero attached hydrogens (tertiary/aromatic N) is 1. The topological polar surface area (TPSA) is 46.3 Å². The van der Waals surface area contributed by atoms with E-state index in [1.165, 1.54) is 48.8 Å². The fourth-order valence-corrected chi connectivity index (χ4v) is 4.24. The van der Waals surface area contributed by atoms with Crippen LogP contribution in [0.1, 0.15) is 87.3 Å². The van der Waals surface area contributed by atoms with Crippen LogP contribution < -0.4 is 5.73 Å².